The number of nitriles is 1. The topological polar surface area (TPSA) is 78.2 Å². The quantitative estimate of drug-likeness (QED) is 0.818. The highest BCUT2D eigenvalue weighted by Gasteiger charge is 2.14. The fraction of sp³-hybridized carbons (Fsp3) is 0.389. The van der Waals surface area contributed by atoms with Crippen molar-refractivity contribution in [2.45, 2.75) is 19.8 Å². The van der Waals surface area contributed by atoms with E-state index in [1.807, 2.05) is 32.0 Å². The van der Waals surface area contributed by atoms with Crippen LogP contribution in [0.5, 0.6) is 5.75 Å². The number of benzene rings is 1. The van der Waals surface area contributed by atoms with E-state index in [1.165, 1.54) is 6.20 Å². The second-order valence-corrected chi connectivity index (χ2v) is 6.23. The monoisotopic (exact) mass is 360 g/mol. The van der Waals surface area contributed by atoms with E-state index in [1.54, 1.807) is 12.1 Å². The first-order valence-corrected chi connectivity index (χ1v) is 8.43. The van der Waals surface area contributed by atoms with Crippen LogP contribution < -0.4 is 10.1 Å². The summed E-state index contributed by atoms with van der Waals surface area (Å²) in [4.78, 5) is 18.5. The summed E-state index contributed by atoms with van der Waals surface area (Å²) in [6.07, 6.45) is 2.60. The zero-order valence-corrected chi connectivity index (χ0v) is 15.4. The van der Waals surface area contributed by atoms with Crippen LogP contribution in [0.1, 0.15) is 25.3 Å². The van der Waals surface area contributed by atoms with Gasteiger partial charge >= 0.3 is 0 Å². The molecule has 1 N–H and O–H groups in total. The van der Waals surface area contributed by atoms with Crippen molar-refractivity contribution < 1.29 is 9.53 Å². The van der Waals surface area contributed by atoms with Gasteiger partial charge in [0.2, 0.25) is 5.91 Å². The van der Waals surface area contributed by atoms with Gasteiger partial charge in [-0.05, 0) is 40.1 Å². The molecular weight excluding hydrogens is 340 g/mol. The van der Waals surface area contributed by atoms with E-state index < -0.39 is 0 Å². The van der Waals surface area contributed by atoms with Crippen molar-refractivity contribution in [3.05, 3.63) is 28.9 Å². The minimum absolute atomic E-state index is 0.0947. The number of nitrogens with zero attached hydrogens (tertiary/aromatic N) is 3. The second kappa shape index (κ2) is 8.65. The van der Waals surface area contributed by atoms with Gasteiger partial charge in [-0.3, -0.25) is 9.78 Å². The maximum atomic E-state index is 12.2. The van der Waals surface area contributed by atoms with Crippen LogP contribution in [0.3, 0.4) is 0 Å². The molecule has 7 heteroatoms. The number of aromatic nitrogens is 1. The fourth-order valence-electron chi connectivity index (χ4n) is 2.41. The lowest BCUT2D eigenvalue weighted by Gasteiger charge is -2.14. The van der Waals surface area contributed by atoms with Crippen LogP contribution in [0, 0.1) is 11.3 Å². The van der Waals surface area contributed by atoms with E-state index in [0.717, 1.165) is 13.0 Å². The lowest BCUT2D eigenvalue weighted by atomic mass is 10.1. The minimum atomic E-state index is -0.0947. The first-order chi connectivity index (χ1) is 12.0. The van der Waals surface area contributed by atoms with Crippen molar-refractivity contribution in [3.8, 4) is 11.8 Å². The molecule has 0 fully saturated rings. The molecule has 0 atom stereocenters. The molecule has 132 valence electrons. The molecule has 1 aromatic heterocycles. The summed E-state index contributed by atoms with van der Waals surface area (Å²) >= 11 is 6.28. The Bertz CT molecular complexity index is 815. The number of halogens is 1. The van der Waals surface area contributed by atoms with Gasteiger partial charge in [0.1, 0.15) is 11.8 Å². The lowest BCUT2D eigenvalue weighted by Crippen LogP contribution is -2.17. The van der Waals surface area contributed by atoms with Crippen LogP contribution in [-0.4, -0.2) is 43.0 Å². The van der Waals surface area contributed by atoms with Gasteiger partial charge in [-0.1, -0.05) is 11.6 Å². The lowest BCUT2D eigenvalue weighted by molar-refractivity contribution is -0.116. The summed E-state index contributed by atoms with van der Waals surface area (Å²) in [6.45, 7) is 3.16. The standard InChI is InChI=1S/C18H21ClN4O2/c1-4-25-16-9-14-13(18(19)12(10-20)11-21-14)8-15(16)22-17(24)6-5-7-23(2)3/h8-9,11H,4-7H2,1-3H3,(H,22,24). The Hall–Kier alpha value is -2.36. The van der Waals surface area contributed by atoms with E-state index in [2.05, 4.69) is 10.3 Å². The number of carbonyl (C=O) groups is 1. The molecule has 0 radical (unpaired) electrons. The van der Waals surface area contributed by atoms with Crippen molar-refractivity contribution in [3.63, 3.8) is 0 Å². The normalized spacial score (nSPS) is 10.7. The van der Waals surface area contributed by atoms with Crippen LogP contribution in [0.4, 0.5) is 5.69 Å². The van der Waals surface area contributed by atoms with Crippen LogP contribution in [0.25, 0.3) is 10.9 Å². The van der Waals surface area contributed by atoms with E-state index in [0.29, 0.717) is 46.0 Å². The maximum Gasteiger partial charge on any atom is 0.224 e. The van der Waals surface area contributed by atoms with E-state index in [-0.39, 0.29) is 5.91 Å². The Morgan fingerprint density at radius 1 is 1.44 bits per heavy atom. The molecule has 0 aliphatic heterocycles. The van der Waals surface area contributed by atoms with Gasteiger partial charge in [-0.25, -0.2) is 0 Å². The number of anilines is 1. The van der Waals surface area contributed by atoms with E-state index >= 15 is 0 Å². The molecule has 0 saturated carbocycles. The van der Waals surface area contributed by atoms with Gasteiger partial charge < -0.3 is 15.0 Å². The number of amides is 1. The number of fused-ring (bicyclic) bond motifs is 1. The molecule has 25 heavy (non-hydrogen) atoms. The third kappa shape index (κ3) is 4.81. The fourth-order valence-corrected chi connectivity index (χ4v) is 2.65. The second-order valence-electron chi connectivity index (χ2n) is 5.85. The Morgan fingerprint density at radius 3 is 2.84 bits per heavy atom. The van der Waals surface area contributed by atoms with Gasteiger partial charge in [-0.15, -0.1) is 0 Å². The van der Waals surface area contributed by atoms with Crippen molar-refractivity contribution in [2.75, 3.05) is 32.6 Å². The number of hydrogen-bond donors (Lipinski definition) is 1. The average molecular weight is 361 g/mol. The van der Waals surface area contributed by atoms with Crippen molar-refractivity contribution in [2.24, 2.45) is 0 Å². The number of ether oxygens (including phenoxy) is 1. The summed E-state index contributed by atoms with van der Waals surface area (Å²) in [5.41, 5.74) is 1.43. The highest BCUT2D eigenvalue weighted by Crippen LogP contribution is 2.34. The van der Waals surface area contributed by atoms with Crippen LogP contribution >= 0.6 is 11.6 Å². The third-order valence-electron chi connectivity index (χ3n) is 3.61. The Morgan fingerprint density at radius 2 is 2.20 bits per heavy atom. The highest BCUT2D eigenvalue weighted by molar-refractivity contribution is 6.36. The minimum Gasteiger partial charge on any atom is -0.492 e. The zero-order chi connectivity index (χ0) is 18.4. The first-order valence-electron chi connectivity index (χ1n) is 8.06. The smallest absolute Gasteiger partial charge is 0.224 e. The van der Waals surface area contributed by atoms with E-state index in [4.69, 9.17) is 21.6 Å². The van der Waals surface area contributed by atoms with Gasteiger partial charge in [0.15, 0.2) is 0 Å². The zero-order valence-electron chi connectivity index (χ0n) is 14.6. The molecule has 0 spiro atoms. The summed E-state index contributed by atoms with van der Waals surface area (Å²) in [5.74, 6) is 0.437. The van der Waals surface area contributed by atoms with Crippen LogP contribution in [-0.2, 0) is 4.79 Å². The van der Waals surface area contributed by atoms with Crippen molar-refractivity contribution >= 4 is 34.1 Å². The molecule has 0 bridgehead atoms. The number of pyridine rings is 1. The SMILES string of the molecule is CCOc1cc2ncc(C#N)c(Cl)c2cc1NC(=O)CCCN(C)C. The first kappa shape index (κ1) is 19.0. The number of carbonyl (C=O) groups excluding carboxylic acids is 1. The average Bonchev–Trinajstić information content (AvgIpc) is 2.56. The number of rotatable bonds is 7. The molecule has 0 saturated heterocycles. The van der Waals surface area contributed by atoms with Crippen molar-refractivity contribution in [1.82, 2.24) is 9.88 Å². The molecular formula is C18H21ClN4O2. The van der Waals surface area contributed by atoms with Crippen LogP contribution in [0.2, 0.25) is 5.02 Å². The van der Waals surface area contributed by atoms with Crippen LogP contribution in [0.15, 0.2) is 18.3 Å². The predicted molar refractivity (Wildman–Crippen MR) is 99.1 cm³/mol. The molecule has 0 unspecified atom stereocenters. The molecule has 2 rings (SSSR count). The Labute approximate surface area is 152 Å². The van der Waals surface area contributed by atoms with Gasteiger partial charge in [0, 0.05) is 24.1 Å². The molecule has 1 amide bonds. The van der Waals surface area contributed by atoms with Gasteiger partial charge in [-0.2, -0.15) is 5.26 Å². The summed E-state index contributed by atoms with van der Waals surface area (Å²) < 4.78 is 5.61. The summed E-state index contributed by atoms with van der Waals surface area (Å²) in [7, 11) is 3.94. The molecule has 0 aliphatic carbocycles. The Kier molecular flexibility index (Phi) is 6.57. The van der Waals surface area contributed by atoms with Gasteiger partial charge in [0.05, 0.1) is 28.4 Å². The molecule has 1 aromatic carbocycles. The maximum absolute atomic E-state index is 12.2. The summed E-state index contributed by atoms with van der Waals surface area (Å²) in [6, 6.07) is 5.44. The predicted octanol–water partition coefficient (Wildman–Crippen LogP) is 3.44. The Balaban J connectivity index is 2.32. The number of hydrogen-bond acceptors (Lipinski definition) is 5. The van der Waals surface area contributed by atoms with E-state index in [9.17, 15) is 4.79 Å². The molecule has 0 aliphatic rings. The third-order valence-corrected chi connectivity index (χ3v) is 4.01. The molecule has 2 aromatic rings. The largest absolute Gasteiger partial charge is 0.492 e. The highest BCUT2D eigenvalue weighted by atomic mass is 35.5. The molecule has 6 nitrogen and oxygen atoms in total. The number of nitrogens with one attached hydrogen (secondary N) is 1. The molecule has 1 heterocycles. The summed E-state index contributed by atoms with van der Waals surface area (Å²) in [5, 5.41) is 12.9. The van der Waals surface area contributed by atoms with Gasteiger partial charge in [0.25, 0.3) is 0 Å². The van der Waals surface area contributed by atoms with Crippen molar-refractivity contribution in [1.29, 1.82) is 5.26 Å².